The van der Waals surface area contributed by atoms with Crippen LogP contribution in [-0.4, -0.2) is 30.4 Å². The van der Waals surface area contributed by atoms with Gasteiger partial charge in [0, 0.05) is 0 Å². The van der Waals surface area contributed by atoms with Crippen molar-refractivity contribution in [1.82, 2.24) is 0 Å². The third-order valence-corrected chi connectivity index (χ3v) is 3.96. The van der Waals surface area contributed by atoms with Crippen molar-refractivity contribution in [2.45, 2.75) is 0 Å². The Balaban J connectivity index is 2.97. The molecule has 0 saturated carbocycles. The molecule has 1 aliphatic heterocycles. The topological polar surface area (TPSA) is 86.7 Å². The van der Waals surface area contributed by atoms with Crippen LogP contribution in [0.3, 0.4) is 0 Å². The van der Waals surface area contributed by atoms with Gasteiger partial charge in [0.2, 0.25) is 19.9 Å². The maximum absolute atomic E-state index is 10.4. The van der Waals surface area contributed by atoms with E-state index >= 15 is 0 Å². The minimum Gasteiger partial charge on any atom is -0.310 e. The Hall–Kier alpha value is -0.0501. The molecule has 1 rings (SSSR count). The number of hydrogen-bond acceptors (Lipinski definition) is 6. The van der Waals surface area contributed by atoms with Crippen LogP contribution in [-0.2, 0) is 28.1 Å². The number of hydrogen-bond donors (Lipinski definition) is 0. The van der Waals surface area contributed by atoms with Gasteiger partial charge in [0.1, 0.15) is 0 Å². The molecule has 10 heteroatoms. The Bertz CT molecular complexity index is 276. The van der Waals surface area contributed by atoms with Crippen LogP contribution in [0.1, 0.15) is 0 Å². The molecule has 0 aliphatic carbocycles. The molecule has 0 aromatic heterocycles. The van der Waals surface area contributed by atoms with Gasteiger partial charge in [-0.05, 0) is 0 Å². The van der Waals surface area contributed by atoms with Crippen molar-refractivity contribution >= 4 is 33.5 Å². The second-order valence-corrected chi connectivity index (χ2v) is 5.23. The van der Waals surface area contributed by atoms with Gasteiger partial charge in [-0.3, -0.25) is 0 Å². The van der Waals surface area contributed by atoms with Gasteiger partial charge in [0.15, 0.2) is 0 Å². The molecule has 0 unspecified atom stereocenters. The summed E-state index contributed by atoms with van der Waals surface area (Å²) in [5.74, 6) is -1.10. The fourth-order valence-electron chi connectivity index (χ4n) is 0.411. The lowest BCUT2D eigenvalue weighted by atomic mass is 10.4. The summed E-state index contributed by atoms with van der Waals surface area (Å²) in [4.78, 5) is 0. The minimum atomic E-state index is -3.90. The average molecular weight is 184 g/mol. The zero-order valence-corrected chi connectivity index (χ0v) is 6.31. The lowest BCUT2D eigenvalue weighted by Gasteiger charge is -2.09. The predicted molar refractivity (Wildman–Crippen MR) is 34.3 cm³/mol. The van der Waals surface area contributed by atoms with E-state index in [0.29, 0.717) is 0 Å². The van der Waals surface area contributed by atoms with E-state index in [4.69, 9.17) is 0 Å². The molecule has 0 aromatic rings. The smallest absolute Gasteiger partial charge is 0.310 e. The Morgan fingerprint density at radius 2 is 1.30 bits per heavy atom. The molecule has 1 heterocycles. The Labute approximate surface area is 59.1 Å². The van der Waals surface area contributed by atoms with Crippen LogP contribution >= 0.6 is 0 Å². The summed E-state index contributed by atoms with van der Waals surface area (Å²) in [6.07, 6.45) is 0. The average Bonchev–Trinajstić information content (AvgIpc) is 1.56. The highest BCUT2D eigenvalue weighted by molar-refractivity contribution is 8.41. The third-order valence-electron chi connectivity index (χ3n) is 0.744. The van der Waals surface area contributed by atoms with Gasteiger partial charge in [-0.25, -0.2) is 16.8 Å². The van der Waals surface area contributed by atoms with Crippen LogP contribution in [0.5, 0.6) is 0 Å². The fraction of sp³-hybridized carbons (Fsp3) is 0. The second-order valence-electron chi connectivity index (χ2n) is 1.59. The summed E-state index contributed by atoms with van der Waals surface area (Å²) in [6, 6.07) is 0. The molecule has 0 amide bonds. The van der Waals surface area contributed by atoms with Gasteiger partial charge in [0.25, 0.3) is 0 Å². The van der Waals surface area contributed by atoms with E-state index in [9.17, 15) is 16.8 Å². The Morgan fingerprint density at radius 3 is 1.50 bits per heavy atom. The molecule has 1 aliphatic rings. The highest BCUT2D eigenvalue weighted by Gasteiger charge is 2.34. The highest BCUT2D eigenvalue weighted by atomic mass is 32.3. The molecule has 0 radical (unpaired) electrons. The zero-order valence-electron chi connectivity index (χ0n) is 4.68. The van der Waals surface area contributed by atoms with E-state index in [2.05, 4.69) is 8.20 Å². The third kappa shape index (κ3) is 1.97. The molecule has 6 nitrogen and oxygen atoms in total. The standard InChI is InChI=1S/B2H2O6S2/c3-9(4)2-10(5,6)8-1-7-9/h1-2H. The van der Waals surface area contributed by atoms with Crippen LogP contribution in [0.2, 0.25) is 0 Å². The molecule has 56 valence electrons. The van der Waals surface area contributed by atoms with Gasteiger partial charge in [-0.15, -0.1) is 0 Å². The fourth-order valence-corrected chi connectivity index (χ4v) is 2.82. The van der Waals surface area contributed by atoms with Gasteiger partial charge in [-0.2, -0.15) is 0 Å². The molecular formula is H2B2O6S2. The van der Waals surface area contributed by atoms with Crippen molar-refractivity contribution in [3.05, 3.63) is 0 Å². The molecule has 1 fully saturated rings. The van der Waals surface area contributed by atoms with E-state index in [1.807, 2.05) is 0 Å². The molecule has 0 atom stereocenters. The summed E-state index contributed by atoms with van der Waals surface area (Å²) >= 11 is 0. The van der Waals surface area contributed by atoms with E-state index in [1.165, 1.54) is 0 Å². The van der Waals surface area contributed by atoms with E-state index in [1.54, 1.807) is 0 Å². The lowest BCUT2D eigenvalue weighted by molar-refractivity contribution is 0.438. The monoisotopic (exact) mass is 184 g/mol. The van der Waals surface area contributed by atoms with Crippen LogP contribution < -0.4 is 0 Å². The zero-order chi connectivity index (χ0) is 7.83. The first kappa shape index (κ1) is 8.05. The Morgan fingerprint density at radius 1 is 0.900 bits per heavy atom. The Kier molecular flexibility index (Phi) is 1.79. The van der Waals surface area contributed by atoms with Gasteiger partial charge in [-0.1, -0.05) is 0 Å². The summed E-state index contributed by atoms with van der Waals surface area (Å²) < 4.78 is 49.5. The highest BCUT2D eigenvalue weighted by Crippen LogP contribution is 2.04. The predicted octanol–water partition coefficient (Wildman–Crippen LogP) is -2.77. The molecule has 0 aromatic carbocycles. The first-order valence-corrected chi connectivity index (χ1v) is 5.31. The first-order chi connectivity index (χ1) is 4.41. The molecule has 0 N–H and O–H groups in total. The van der Waals surface area contributed by atoms with E-state index < -0.39 is 33.5 Å². The van der Waals surface area contributed by atoms with E-state index in [-0.39, 0.29) is 0 Å². The molecule has 0 spiro atoms. The molecule has 0 bridgehead atoms. The van der Waals surface area contributed by atoms with Crippen molar-refractivity contribution in [2.24, 2.45) is 0 Å². The van der Waals surface area contributed by atoms with Crippen molar-refractivity contribution in [2.75, 3.05) is 0 Å². The van der Waals surface area contributed by atoms with Crippen molar-refractivity contribution < 1.29 is 25.0 Å². The first-order valence-electron chi connectivity index (χ1n) is 2.15. The molecule has 10 heavy (non-hydrogen) atoms. The summed E-state index contributed by atoms with van der Waals surface area (Å²) in [5, 5.41) is 0. The normalized spacial score (nSPS) is 28.0. The quantitative estimate of drug-likeness (QED) is 0.378. The minimum absolute atomic E-state index is 0.745. The summed E-state index contributed by atoms with van der Waals surface area (Å²) in [7, 11) is -8.55. The van der Waals surface area contributed by atoms with Crippen molar-refractivity contribution in [3.8, 4) is 0 Å². The van der Waals surface area contributed by atoms with Gasteiger partial charge < -0.3 is 8.20 Å². The van der Waals surface area contributed by atoms with Crippen molar-refractivity contribution in [1.29, 1.82) is 0 Å². The lowest BCUT2D eigenvalue weighted by Crippen LogP contribution is -2.33. The summed E-state index contributed by atoms with van der Waals surface area (Å²) in [6.45, 7) is 0. The maximum Gasteiger partial charge on any atom is 0.481 e. The summed E-state index contributed by atoms with van der Waals surface area (Å²) in [5.41, 5.74) is 0. The van der Waals surface area contributed by atoms with Crippen LogP contribution in [0, 0.1) is 0 Å². The molecular weight excluding hydrogens is 182 g/mol. The van der Waals surface area contributed by atoms with Gasteiger partial charge in [0.05, 0.1) is 0 Å². The second kappa shape index (κ2) is 2.22. The van der Waals surface area contributed by atoms with E-state index in [0.717, 1.165) is 0 Å². The molecule has 1 saturated heterocycles. The van der Waals surface area contributed by atoms with Crippen molar-refractivity contribution in [3.63, 3.8) is 0 Å². The SMILES string of the molecule is O=S1(=O)BS(=O)(=O)OBO1. The maximum atomic E-state index is 10.4. The van der Waals surface area contributed by atoms with Gasteiger partial charge >= 0.3 is 13.5 Å². The largest absolute Gasteiger partial charge is 0.481 e. The van der Waals surface area contributed by atoms with Crippen LogP contribution in [0.15, 0.2) is 0 Å². The number of rotatable bonds is 0. The van der Waals surface area contributed by atoms with Crippen LogP contribution in [0.25, 0.3) is 0 Å². The van der Waals surface area contributed by atoms with Crippen LogP contribution in [0.4, 0.5) is 0 Å².